The molecular weight excluding hydrogens is 591 g/mol. The van der Waals surface area contributed by atoms with E-state index >= 15 is 0 Å². The van der Waals surface area contributed by atoms with Crippen molar-refractivity contribution in [3.8, 4) is 0 Å². The molecule has 1 amide bonds. The Bertz CT molecular complexity index is 1600. The molecule has 2 aromatic carbocycles. The summed E-state index contributed by atoms with van der Waals surface area (Å²) in [6.07, 6.45) is -0.109. The molecule has 0 saturated carbocycles. The van der Waals surface area contributed by atoms with Gasteiger partial charge in [-0.15, -0.1) is 22.7 Å². The highest BCUT2D eigenvalue weighted by molar-refractivity contribution is 7.90. The van der Waals surface area contributed by atoms with E-state index in [1.54, 1.807) is 36.4 Å². The third kappa shape index (κ3) is 7.53. The van der Waals surface area contributed by atoms with Gasteiger partial charge in [0.15, 0.2) is 21.5 Å². The Morgan fingerprint density at radius 3 is 2.24 bits per heavy atom. The minimum Gasteiger partial charge on any atom is -0.438 e. The van der Waals surface area contributed by atoms with Crippen molar-refractivity contribution < 1.29 is 22.7 Å². The molecule has 3 aromatic heterocycles. The highest BCUT2D eigenvalue weighted by Crippen LogP contribution is 2.30. The van der Waals surface area contributed by atoms with E-state index in [-0.39, 0.29) is 17.7 Å². The first kappa shape index (κ1) is 30.1. The summed E-state index contributed by atoms with van der Waals surface area (Å²) in [5.41, 5.74) is 1.80. The fourth-order valence-electron chi connectivity index (χ4n) is 4.85. The Morgan fingerprint density at radius 1 is 0.952 bits per heavy atom. The SMILES string of the molecule is CCC[C@H](NC(=O)[C@H](CS(=O)(=O)Cc1ccccc1)NC(c1cccs1)c1cccs1)C(O)c1nc2ccccc2o1. The molecule has 0 saturated heterocycles. The van der Waals surface area contributed by atoms with Crippen molar-refractivity contribution >= 4 is 49.5 Å². The van der Waals surface area contributed by atoms with Crippen molar-refractivity contribution in [2.24, 2.45) is 0 Å². The minimum atomic E-state index is -3.71. The van der Waals surface area contributed by atoms with Crippen molar-refractivity contribution in [1.82, 2.24) is 15.6 Å². The number of hydrogen-bond donors (Lipinski definition) is 3. The molecule has 5 aromatic rings. The monoisotopic (exact) mass is 623 g/mol. The average molecular weight is 624 g/mol. The van der Waals surface area contributed by atoms with Crippen molar-refractivity contribution in [3.63, 3.8) is 0 Å². The number of carbonyl (C=O) groups is 1. The molecular formula is C31H33N3O5S3. The molecule has 3 heterocycles. The molecule has 0 aliphatic carbocycles. The van der Waals surface area contributed by atoms with Crippen molar-refractivity contribution in [2.45, 2.75) is 49.7 Å². The maximum Gasteiger partial charge on any atom is 0.238 e. The van der Waals surface area contributed by atoms with Crippen LogP contribution in [0.5, 0.6) is 0 Å². The van der Waals surface area contributed by atoms with Gasteiger partial charge in [-0.3, -0.25) is 10.1 Å². The summed E-state index contributed by atoms with van der Waals surface area (Å²) in [4.78, 5) is 20.3. The molecule has 42 heavy (non-hydrogen) atoms. The standard InChI is InChI=1S/C31H33N3O5S3/c1-2-10-23(29(35)31-34-22-13-6-7-14-25(22)39-31)33-30(36)24(20-42(37,38)19-21-11-4-3-5-12-21)32-28(26-15-8-17-40-26)27-16-9-18-41-27/h3-9,11-18,23-24,28-29,32,35H,2,10,19-20H2,1H3,(H,33,36)/t23-,24-,29?/m0/s1. The number of para-hydroxylation sites is 2. The lowest BCUT2D eigenvalue weighted by molar-refractivity contribution is -0.124. The van der Waals surface area contributed by atoms with Gasteiger partial charge in [-0.05, 0) is 47.0 Å². The molecule has 11 heteroatoms. The Balaban J connectivity index is 1.42. The minimum absolute atomic E-state index is 0.103. The molecule has 0 fully saturated rings. The van der Waals surface area contributed by atoms with Gasteiger partial charge < -0.3 is 14.8 Å². The van der Waals surface area contributed by atoms with Crippen LogP contribution in [0.2, 0.25) is 0 Å². The van der Waals surface area contributed by atoms with E-state index in [1.165, 1.54) is 22.7 Å². The number of aliphatic hydroxyl groups is 1. The number of nitrogens with one attached hydrogen (secondary N) is 2. The van der Waals surface area contributed by atoms with E-state index in [0.717, 1.165) is 9.75 Å². The first-order valence-corrected chi connectivity index (χ1v) is 17.3. The molecule has 0 bridgehead atoms. The van der Waals surface area contributed by atoms with Crippen molar-refractivity contribution in [2.75, 3.05) is 5.75 Å². The van der Waals surface area contributed by atoms with Gasteiger partial charge in [0, 0.05) is 9.75 Å². The van der Waals surface area contributed by atoms with Crippen LogP contribution in [0.3, 0.4) is 0 Å². The van der Waals surface area contributed by atoms with Crippen LogP contribution in [0, 0.1) is 0 Å². The second-order valence-electron chi connectivity index (χ2n) is 10.1. The smallest absolute Gasteiger partial charge is 0.238 e. The first-order valence-electron chi connectivity index (χ1n) is 13.7. The maximum atomic E-state index is 13.9. The van der Waals surface area contributed by atoms with Gasteiger partial charge >= 0.3 is 0 Å². The van der Waals surface area contributed by atoms with Gasteiger partial charge in [0.05, 0.1) is 23.6 Å². The Hall–Kier alpha value is -3.35. The first-order chi connectivity index (χ1) is 20.3. The number of amides is 1. The zero-order valence-electron chi connectivity index (χ0n) is 23.1. The summed E-state index contributed by atoms with van der Waals surface area (Å²) >= 11 is 3.06. The number of fused-ring (bicyclic) bond motifs is 1. The second kappa shape index (κ2) is 13.7. The number of benzene rings is 2. The van der Waals surface area contributed by atoms with Crippen molar-refractivity contribution in [3.05, 3.63) is 111 Å². The van der Waals surface area contributed by atoms with Crippen molar-refractivity contribution in [1.29, 1.82) is 0 Å². The molecule has 3 N–H and O–H groups in total. The number of aliphatic hydroxyl groups excluding tert-OH is 1. The van der Waals surface area contributed by atoms with Crippen LogP contribution in [0.4, 0.5) is 0 Å². The topological polar surface area (TPSA) is 122 Å². The fourth-order valence-corrected chi connectivity index (χ4v) is 8.10. The Labute approximate surface area is 253 Å². The van der Waals surface area contributed by atoms with Gasteiger partial charge in [-0.25, -0.2) is 13.4 Å². The summed E-state index contributed by atoms with van der Waals surface area (Å²) in [6, 6.07) is 21.7. The number of oxazole rings is 1. The quantitative estimate of drug-likeness (QED) is 0.147. The Morgan fingerprint density at radius 2 is 1.62 bits per heavy atom. The van der Waals surface area contributed by atoms with Crippen LogP contribution >= 0.6 is 22.7 Å². The number of aromatic nitrogens is 1. The number of nitrogens with zero attached hydrogens (tertiary/aromatic N) is 1. The van der Waals surface area contributed by atoms with Gasteiger partial charge in [0.1, 0.15) is 11.6 Å². The average Bonchev–Trinajstić information content (AvgIpc) is 3.77. The van der Waals surface area contributed by atoms with Crippen LogP contribution in [0.15, 0.2) is 94.0 Å². The van der Waals surface area contributed by atoms with E-state index in [9.17, 15) is 18.3 Å². The van der Waals surface area contributed by atoms with E-state index in [2.05, 4.69) is 15.6 Å². The van der Waals surface area contributed by atoms with Gasteiger partial charge in [0.25, 0.3) is 0 Å². The lowest BCUT2D eigenvalue weighted by Gasteiger charge is -2.28. The molecule has 220 valence electrons. The van der Waals surface area contributed by atoms with Crippen LogP contribution in [-0.2, 0) is 20.4 Å². The molecule has 0 radical (unpaired) electrons. The zero-order valence-corrected chi connectivity index (χ0v) is 25.5. The summed E-state index contributed by atoms with van der Waals surface area (Å²) in [5, 5.41) is 21.4. The van der Waals surface area contributed by atoms with E-state index in [1.807, 2.05) is 60.1 Å². The maximum absolute atomic E-state index is 13.9. The molecule has 0 aliphatic rings. The third-order valence-electron chi connectivity index (χ3n) is 6.86. The number of sulfone groups is 1. The summed E-state index contributed by atoms with van der Waals surface area (Å²) in [5.74, 6) is -1.02. The van der Waals surface area contributed by atoms with E-state index in [0.29, 0.717) is 29.5 Å². The van der Waals surface area contributed by atoms with Crippen LogP contribution in [0.25, 0.3) is 11.1 Å². The van der Waals surface area contributed by atoms with Crippen LogP contribution < -0.4 is 10.6 Å². The fraction of sp³-hybridized carbons (Fsp3) is 0.290. The van der Waals surface area contributed by atoms with E-state index < -0.39 is 39.7 Å². The Kier molecular flexibility index (Phi) is 9.86. The van der Waals surface area contributed by atoms with Crippen LogP contribution in [-0.4, -0.2) is 42.3 Å². The number of rotatable bonds is 14. The second-order valence-corrected chi connectivity index (χ2v) is 14.2. The predicted molar refractivity (Wildman–Crippen MR) is 167 cm³/mol. The summed E-state index contributed by atoms with van der Waals surface area (Å²) in [7, 11) is -3.71. The molecule has 5 rings (SSSR count). The molecule has 0 aliphatic heterocycles. The lowest BCUT2D eigenvalue weighted by atomic mass is 10.0. The number of thiophene rings is 2. The largest absolute Gasteiger partial charge is 0.438 e. The molecule has 1 unspecified atom stereocenters. The zero-order chi connectivity index (χ0) is 29.5. The normalized spacial score (nSPS) is 14.2. The summed E-state index contributed by atoms with van der Waals surface area (Å²) < 4.78 is 32.7. The van der Waals surface area contributed by atoms with E-state index in [4.69, 9.17) is 4.42 Å². The third-order valence-corrected chi connectivity index (χ3v) is 10.4. The highest BCUT2D eigenvalue weighted by Gasteiger charge is 2.33. The molecule has 0 spiro atoms. The number of hydrogen-bond acceptors (Lipinski definition) is 9. The van der Waals surface area contributed by atoms with Gasteiger partial charge in [-0.1, -0.05) is 67.9 Å². The molecule has 8 nitrogen and oxygen atoms in total. The van der Waals surface area contributed by atoms with Gasteiger partial charge in [-0.2, -0.15) is 0 Å². The highest BCUT2D eigenvalue weighted by atomic mass is 32.2. The summed E-state index contributed by atoms with van der Waals surface area (Å²) in [6.45, 7) is 1.95. The van der Waals surface area contributed by atoms with Crippen LogP contribution in [0.1, 0.15) is 53.1 Å². The molecule has 3 atom stereocenters. The number of carbonyl (C=O) groups excluding carboxylic acids is 1. The predicted octanol–water partition coefficient (Wildman–Crippen LogP) is 5.63. The van der Waals surface area contributed by atoms with Gasteiger partial charge in [0.2, 0.25) is 11.8 Å². The lowest BCUT2D eigenvalue weighted by Crippen LogP contribution is -2.53.